The summed E-state index contributed by atoms with van der Waals surface area (Å²) in [5.74, 6) is -0.146. The average molecular weight is 896 g/mol. The van der Waals surface area contributed by atoms with Crippen molar-refractivity contribution >= 4 is 5.91 Å². The summed E-state index contributed by atoms with van der Waals surface area (Å²) in [7, 11) is 0. The zero-order valence-corrected chi connectivity index (χ0v) is 41.6. The van der Waals surface area contributed by atoms with Crippen LogP contribution in [-0.4, -0.2) is 104 Å². The van der Waals surface area contributed by atoms with Gasteiger partial charge in [0.25, 0.3) is 0 Å². The minimum absolute atomic E-state index is 0.0584. The van der Waals surface area contributed by atoms with Gasteiger partial charge in [-0.2, -0.15) is 0 Å². The Bertz CT molecular complexity index is 940. The van der Waals surface area contributed by atoms with Crippen molar-refractivity contribution in [1.29, 1.82) is 0 Å². The molecule has 10 nitrogen and oxygen atoms in total. The van der Waals surface area contributed by atoms with Crippen molar-refractivity contribution in [2.45, 2.75) is 225 Å². The molecule has 5 N–H and O–H groups in total. The van der Waals surface area contributed by atoms with E-state index in [1.54, 1.807) is 0 Å². The van der Waals surface area contributed by atoms with Gasteiger partial charge in [-0.15, -0.1) is 0 Å². The number of ether oxygens (including phenoxy) is 6. The topological polar surface area (TPSA) is 137 Å². The number of allylic oxidation sites excluding steroid dienone is 4. The Kier molecular flexibility index (Phi) is 53.8. The summed E-state index contributed by atoms with van der Waals surface area (Å²) in [6.45, 7) is 11.6. The van der Waals surface area contributed by atoms with Crippen molar-refractivity contribution in [3.8, 4) is 0 Å². The van der Waals surface area contributed by atoms with Crippen LogP contribution in [0.2, 0.25) is 0 Å². The number of amides is 1. The SMILES string of the molecule is CCCCCCCC/C=C\CCCCCCCCOCC(COCCOCCOCCOCCNC(=O)[C@@H](N)CCCCN)OCCCCCCCC/C=C\CCCCCCCC. The van der Waals surface area contributed by atoms with E-state index in [9.17, 15) is 4.79 Å². The Morgan fingerprint density at radius 3 is 1.29 bits per heavy atom. The van der Waals surface area contributed by atoms with Crippen LogP contribution in [0.1, 0.15) is 213 Å². The maximum Gasteiger partial charge on any atom is 0.236 e. The monoisotopic (exact) mass is 896 g/mol. The summed E-state index contributed by atoms with van der Waals surface area (Å²) >= 11 is 0. The molecule has 0 heterocycles. The zero-order valence-electron chi connectivity index (χ0n) is 41.6. The van der Waals surface area contributed by atoms with Crippen molar-refractivity contribution in [2.75, 3.05) is 85.8 Å². The van der Waals surface area contributed by atoms with Gasteiger partial charge < -0.3 is 45.2 Å². The first-order chi connectivity index (χ1) is 31.2. The summed E-state index contributed by atoms with van der Waals surface area (Å²) in [4.78, 5) is 12.0. The highest BCUT2D eigenvalue weighted by Gasteiger charge is 2.12. The molecule has 0 aromatic carbocycles. The quantitative estimate of drug-likeness (QED) is 0.0403. The van der Waals surface area contributed by atoms with Gasteiger partial charge in [-0.1, -0.05) is 160 Å². The lowest BCUT2D eigenvalue weighted by molar-refractivity contribution is -0.122. The predicted octanol–water partition coefficient (Wildman–Crippen LogP) is 12.1. The van der Waals surface area contributed by atoms with Gasteiger partial charge in [-0.05, 0) is 83.6 Å². The Balaban J connectivity index is 4.08. The minimum atomic E-state index is -0.493. The smallest absolute Gasteiger partial charge is 0.236 e. The molecule has 0 saturated heterocycles. The lowest BCUT2D eigenvalue weighted by Crippen LogP contribution is -2.41. The fourth-order valence-electron chi connectivity index (χ4n) is 7.30. The summed E-state index contributed by atoms with van der Waals surface area (Å²) in [5.41, 5.74) is 11.4. The molecule has 0 spiro atoms. The predicted molar refractivity (Wildman–Crippen MR) is 267 cm³/mol. The van der Waals surface area contributed by atoms with Crippen molar-refractivity contribution in [3.05, 3.63) is 24.3 Å². The second-order valence-electron chi connectivity index (χ2n) is 17.5. The first-order valence-corrected chi connectivity index (χ1v) is 26.7. The van der Waals surface area contributed by atoms with E-state index >= 15 is 0 Å². The molecule has 0 aromatic heterocycles. The molecular formula is C53H105N3O7. The van der Waals surface area contributed by atoms with Crippen molar-refractivity contribution in [2.24, 2.45) is 11.5 Å². The van der Waals surface area contributed by atoms with Gasteiger partial charge in [-0.25, -0.2) is 0 Å². The largest absolute Gasteiger partial charge is 0.379 e. The second kappa shape index (κ2) is 55.0. The Labute approximate surface area is 389 Å². The van der Waals surface area contributed by atoms with Crippen molar-refractivity contribution < 1.29 is 33.2 Å². The maximum absolute atomic E-state index is 12.0. The number of hydrogen-bond donors (Lipinski definition) is 3. The number of rotatable bonds is 54. The molecule has 0 bridgehead atoms. The van der Waals surface area contributed by atoms with E-state index in [1.165, 1.54) is 167 Å². The molecule has 0 fully saturated rings. The fourth-order valence-corrected chi connectivity index (χ4v) is 7.30. The van der Waals surface area contributed by atoms with Crippen LogP contribution in [0.25, 0.3) is 0 Å². The second-order valence-corrected chi connectivity index (χ2v) is 17.5. The van der Waals surface area contributed by atoms with Crippen LogP contribution in [-0.2, 0) is 33.2 Å². The summed E-state index contributed by atoms with van der Waals surface area (Å²) < 4.78 is 35.2. The van der Waals surface area contributed by atoms with Crippen molar-refractivity contribution in [3.63, 3.8) is 0 Å². The van der Waals surface area contributed by atoms with E-state index in [4.69, 9.17) is 39.9 Å². The van der Waals surface area contributed by atoms with E-state index in [1.807, 2.05) is 0 Å². The summed E-state index contributed by atoms with van der Waals surface area (Å²) in [6, 6.07) is -0.493. The molecule has 0 aliphatic heterocycles. The van der Waals surface area contributed by atoms with E-state index in [2.05, 4.69) is 43.5 Å². The van der Waals surface area contributed by atoms with Crippen LogP contribution < -0.4 is 16.8 Å². The van der Waals surface area contributed by atoms with E-state index < -0.39 is 6.04 Å². The number of nitrogens with two attached hydrogens (primary N) is 2. The highest BCUT2D eigenvalue weighted by Crippen LogP contribution is 2.12. The third-order valence-corrected chi connectivity index (χ3v) is 11.4. The van der Waals surface area contributed by atoms with E-state index in [0.717, 1.165) is 38.9 Å². The molecule has 10 heteroatoms. The molecule has 0 aliphatic rings. The standard InChI is InChI=1S/C53H105N3O7/c1-3-5-7-9-11-13-15-17-19-21-23-25-27-29-31-35-40-61-49-51(63-41-36-32-30-28-26-24-22-20-18-16-14-12-10-8-6-4-2)50-62-48-47-60-46-45-59-44-43-58-42-39-56-53(57)52(55)37-33-34-38-54/h17-20,51-52H,3-16,21-50,54-55H2,1-2H3,(H,56,57)/b19-17-,20-18-/t51?,52-/m0/s1. The van der Waals surface area contributed by atoms with Gasteiger partial charge >= 0.3 is 0 Å². The third-order valence-electron chi connectivity index (χ3n) is 11.4. The van der Waals surface area contributed by atoms with Gasteiger partial charge in [0.1, 0.15) is 6.10 Å². The van der Waals surface area contributed by atoms with Crippen LogP contribution in [0.5, 0.6) is 0 Å². The lowest BCUT2D eigenvalue weighted by atomic mass is 10.1. The number of nitrogens with one attached hydrogen (secondary N) is 1. The number of hydrogen-bond acceptors (Lipinski definition) is 9. The van der Waals surface area contributed by atoms with Crippen LogP contribution >= 0.6 is 0 Å². The molecule has 0 aromatic rings. The molecule has 0 rings (SSSR count). The summed E-state index contributed by atoms with van der Waals surface area (Å²) in [6.07, 6.45) is 48.5. The normalized spacial score (nSPS) is 12.9. The Morgan fingerprint density at radius 1 is 0.444 bits per heavy atom. The van der Waals surface area contributed by atoms with Gasteiger partial charge in [0, 0.05) is 19.8 Å². The number of unbranched alkanes of at least 4 members (excludes halogenated alkanes) is 25. The molecule has 374 valence electrons. The van der Waals surface area contributed by atoms with Crippen LogP contribution in [0.15, 0.2) is 24.3 Å². The Morgan fingerprint density at radius 2 is 0.825 bits per heavy atom. The van der Waals surface area contributed by atoms with Gasteiger partial charge in [0.15, 0.2) is 0 Å². The zero-order chi connectivity index (χ0) is 45.6. The minimum Gasteiger partial charge on any atom is -0.379 e. The van der Waals surface area contributed by atoms with Crippen LogP contribution in [0.3, 0.4) is 0 Å². The number of carbonyl (C=O) groups is 1. The highest BCUT2D eigenvalue weighted by molar-refractivity contribution is 5.81. The van der Waals surface area contributed by atoms with Crippen LogP contribution in [0, 0.1) is 0 Å². The third kappa shape index (κ3) is 51.5. The molecule has 0 aliphatic carbocycles. The van der Waals surface area contributed by atoms with Gasteiger partial charge in [0.05, 0.1) is 65.5 Å². The van der Waals surface area contributed by atoms with Gasteiger partial charge in [-0.3, -0.25) is 4.79 Å². The van der Waals surface area contributed by atoms with Crippen LogP contribution in [0.4, 0.5) is 0 Å². The molecule has 0 radical (unpaired) electrons. The average Bonchev–Trinajstić information content (AvgIpc) is 3.29. The molecule has 1 unspecified atom stereocenters. The summed E-state index contributed by atoms with van der Waals surface area (Å²) in [5, 5.41) is 2.81. The molecular weight excluding hydrogens is 791 g/mol. The first-order valence-electron chi connectivity index (χ1n) is 26.7. The molecule has 1 amide bonds. The van der Waals surface area contributed by atoms with Crippen molar-refractivity contribution in [1.82, 2.24) is 5.32 Å². The van der Waals surface area contributed by atoms with Gasteiger partial charge in [0.2, 0.25) is 5.91 Å². The highest BCUT2D eigenvalue weighted by atomic mass is 16.6. The first kappa shape index (κ1) is 61.6. The van der Waals surface area contributed by atoms with E-state index in [0.29, 0.717) is 79.0 Å². The number of carbonyl (C=O) groups excluding carboxylic acids is 1. The maximum atomic E-state index is 12.0. The fraction of sp³-hybridized carbons (Fsp3) is 0.906. The molecule has 63 heavy (non-hydrogen) atoms. The van der Waals surface area contributed by atoms with E-state index in [-0.39, 0.29) is 12.0 Å². The molecule has 2 atom stereocenters. The lowest BCUT2D eigenvalue weighted by Gasteiger charge is -2.18. The molecule has 0 saturated carbocycles. The Hall–Kier alpha value is -1.37.